The van der Waals surface area contributed by atoms with E-state index in [-0.39, 0.29) is 12.9 Å². The van der Waals surface area contributed by atoms with Crippen molar-refractivity contribution in [1.82, 2.24) is 9.80 Å². The van der Waals surface area contributed by atoms with E-state index in [1.807, 2.05) is 0 Å². The fraction of sp³-hybridized carbons (Fsp3) is 0.409. The summed E-state index contributed by atoms with van der Waals surface area (Å²) < 4.78 is 12.8. The van der Waals surface area contributed by atoms with Gasteiger partial charge in [-0.05, 0) is 147 Å². The Balaban J connectivity index is 0.000000944. The van der Waals surface area contributed by atoms with Crippen LogP contribution in [0.1, 0.15) is 83.0 Å². The van der Waals surface area contributed by atoms with Crippen LogP contribution >= 0.6 is 0 Å². The first-order chi connectivity index (χ1) is 25.3. The van der Waals surface area contributed by atoms with Gasteiger partial charge in [0.15, 0.2) is 0 Å². The summed E-state index contributed by atoms with van der Waals surface area (Å²) >= 11 is 0. The second-order valence-corrected chi connectivity index (χ2v) is 13.8. The number of likely N-dealkylation sites (tertiary alicyclic amines) is 2. The minimum absolute atomic E-state index is 0.250. The standard InChI is InChI=1S/C42H52N2O2.2CH2O2/c1-31-25-35(27-43-21-7-5-8-22-43)17-19-41(31)45-29-37-13-11-15-39(33(37)3)40-16-12-14-38(34(40)4)30-46-42-20-18-36(26-32(42)2)28-44-23-9-6-10-24-44;2*2-1-3/h11-20,25-26H,5-10,21-24,27-30H2,1-4H3;2*1H,(H,2,3). The van der Waals surface area contributed by atoms with Crippen molar-refractivity contribution < 1.29 is 29.3 Å². The van der Waals surface area contributed by atoms with Crippen molar-refractivity contribution in [3.05, 3.63) is 117 Å². The van der Waals surface area contributed by atoms with E-state index in [4.69, 9.17) is 29.3 Å². The molecule has 0 radical (unpaired) electrons. The third-order valence-electron chi connectivity index (χ3n) is 10.1. The monoisotopic (exact) mass is 708 g/mol. The maximum Gasteiger partial charge on any atom is 0.290 e. The van der Waals surface area contributed by atoms with Gasteiger partial charge < -0.3 is 19.7 Å². The van der Waals surface area contributed by atoms with Crippen LogP contribution in [-0.2, 0) is 35.9 Å². The highest BCUT2D eigenvalue weighted by Crippen LogP contribution is 2.32. The Hall–Kier alpha value is -4.66. The largest absolute Gasteiger partial charge is 0.489 e. The average molecular weight is 709 g/mol. The molecule has 4 aromatic rings. The third-order valence-corrected chi connectivity index (χ3v) is 10.1. The molecule has 52 heavy (non-hydrogen) atoms. The molecular weight excluding hydrogens is 652 g/mol. The van der Waals surface area contributed by atoms with E-state index in [0.29, 0.717) is 13.2 Å². The van der Waals surface area contributed by atoms with E-state index >= 15 is 0 Å². The van der Waals surface area contributed by atoms with Crippen LogP contribution in [0, 0.1) is 27.7 Å². The maximum atomic E-state index is 8.36. The molecule has 0 aromatic heterocycles. The number of rotatable bonds is 11. The molecule has 0 bridgehead atoms. The summed E-state index contributed by atoms with van der Waals surface area (Å²) in [4.78, 5) is 21.9. The highest BCUT2D eigenvalue weighted by molar-refractivity contribution is 5.72. The number of benzene rings is 4. The predicted molar refractivity (Wildman–Crippen MR) is 208 cm³/mol. The van der Waals surface area contributed by atoms with Crippen LogP contribution in [0.15, 0.2) is 72.8 Å². The average Bonchev–Trinajstić information content (AvgIpc) is 3.14. The van der Waals surface area contributed by atoms with E-state index in [0.717, 1.165) is 24.6 Å². The molecule has 8 heteroatoms. The second-order valence-electron chi connectivity index (χ2n) is 13.8. The summed E-state index contributed by atoms with van der Waals surface area (Å²) in [6.45, 7) is 16.3. The molecule has 6 rings (SSSR count). The molecule has 2 fully saturated rings. The zero-order valence-corrected chi connectivity index (χ0v) is 31.4. The molecule has 0 saturated carbocycles. The number of aryl methyl sites for hydroxylation is 2. The molecule has 2 heterocycles. The van der Waals surface area contributed by atoms with Crippen LogP contribution in [0.4, 0.5) is 0 Å². The van der Waals surface area contributed by atoms with Gasteiger partial charge in [-0.15, -0.1) is 0 Å². The number of nitrogens with zero attached hydrogens (tertiary/aromatic N) is 2. The van der Waals surface area contributed by atoms with Crippen molar-refractivity contribution in [2.24, 2.45) is 0 Å². The van der Waals surface area contributed by atoms with Gasteiger partial charge in [0.25, 0.3) is 12.9 Å². The van der Waals surface area contributed by atoms with Gasteiger partial charge >= 0.3 is 0 Å². The van der Waals surface area contributed by atoms with Crippen LogP contribution < -0.4 is 9.47 Å². The summed E-state index contributed by atoms with van der Waals surface area (Å²) in [5, 5.41) is 13.8. The quantitative estimate of drug-likeness (QED) is 0.149. The van der Waals surface area contributed by atoms with E-state index in [9.17, 15) is 0 Å². The van der Waals surface area contributed by atoms with E-state index in [1.165, 1.54) is 120 Å². The van der Waals surface area contributed by atoms with Crippen molar-refractivity contribution >= 4 is 12.9 Å². The summed E-state index contributed by atoms with van der Waals surface area (Å²) in [6, 6.07) is 26.6. The smallest absolute Gasteiger partial charge is 0.290 e. The zero-order chi connectivity index (χ0) is 37.3. The van der Waals surface area contributed by atoms with Crippen molar-refractivity contribution in [3.8, 4) is 22.6 Å². The Morgan fingerprint density at radius 1 is 0.558 bits per heavy atom. The van der Waals surface area contributed by atoms with E-state index in [1.54, 1.807) is 0 Å². The molecule has 0 amide bonds. The molecule has 2 N–H and O–H groups in total. The molecule has 278 valence electrons. The molecule has 2 saturated heterocycles. The molecule has 0 atom stereocenters. The number of hydrogen-bond acceptors (Lipinski definition) is 6. The van der Waals surface area contributed by atoms with Crippen molar-refractivity contribution in [2.75, 3.05) is 26.2 Å². The van der Waals surface area contributed by atoms with Crippen molar-refractivity contribution in [2.45, 2.75) is 92.5 Å². The molecule has 0 aliphatic carbocycles. The minimum Gasteiger partial charge on any atom is -0.489 e. The number of carboxylic acid groups (broad SMARTS) is 2. The topological polar surface area (TPSA) is 99.5 Å². The van der Waals surface area contributed by atoms with Gasteiger partial charge in [0.05, 0.1) is 0 Å². The van der Waals surface area contributed by atoms with Gasteiger partial charge in [-0.1, -0.05) is 73.5 Å². The summed E-state index contributed by atoms with van der Waals surface area (Å²) in [7, 11) is 0. The second kappa shape index (κ2) is 21.0. The summed E-state index contributed by atoms with van der Waals surface area (Å²) in [6.07, 6.45) is 8.03. The first-order valence-electron chi connectivity index (χ1n) is 18.5. The molecule has 2 aliphatic heterocycles. The highest BCUT2D eigenvalue weighted by Gasteiger charge is 2.15. The van der Waals surface area contributed by atoms with Crippen molar-refractivity contribution in [1.29, 1.82) is 0 Å². The Bertz CT molecular complexity index is 1600. The van der Waals surface area contributed by atoms with Gasteiger partial charge in [-0.2, -0.15) is 0 Å². The van der Waals surface area contributed by atoms with E-state index < -0.39 is 0 Å². The first-order valence-corrected chi connectivity index (χ1v) is 18.5. The van der Waals surface area contributed by atoms with E-state index in [2.05, 4.69) is 110 Å². The number of carbonyl (C=O) groups is 2. The molecule has 2 aliphatic rings. The SMILES string of the molecule is Cc1cc(CN2CCCCC2)ccc1OCc1cccc(-c2cccc(COc3ccc(CN4CCCCC4)cc3C)c2C)c1C.O=CO.O=CO. The van der Waals surface area contributed by atoms with Crippen LogP contribution in [0.3, 0.4) is 0 Å². The normalized spacial score (nSPS) is 14.6. The molecule has 4 aromatic carbocycles. The lowest BCUT2D eigenvalue weighted by Crippen LogP contribution is -2.29. The Kier molecular flexibility index (Phi) is 16.2. The minimum atomic E-state index is -0.250. The number of hydrogen-bond donors (Lipinski definition) is 2. The lowest BCUT2D eigenvalue weighted by Gasteiger charge is -2.26. The lowest BCUT2D eigenvalue weighted by molar-refractivity contribution is -0.123. The van der Waals surface area contributed by atoms with Crippen LogP contribution in [0.2, 0.25) is 0 Å². The molecule has 0 unspecified atom stereocenters. The highest BCUT2D eigenvalue weighted by atomic mass is 16.5. The number of ether oxygens (including phenoxy) is 2. The van der Waals surface area contributed by atoms with Gasteiger partial charge in [0, 0.05) is 13.1 Å². The van der Waals surface area contributed by atoms with Gasteiger partial charge in [-0.3, -0.25) is 19.4 Å². The fourth-order valence-corrected chi connectivity index (χ4v) is 7.27. The predicted octanol–water partition coefficient (Wildman–Crippen LogP) is 9.12. The van der Waals surface area contributed by atoms with Crippen LogP contribution in [0.25, 0.3) is 11.1 Å². The van der Waals surface area contributed by atoms with Gasteiger partial charge in [0.1, 0.15) is 24.7 Å². The lowest BCUT2D eigenvalue weighted by atomic mass is 9.92. The molecule has 8 nitrogen and oxygen atoms in total. The Morgan fingerprint density at radius 3 is 1.27 bits per heavy atom. The Labute approximate surface area is 310 Å². The molecular formula is C44H56N2O6. The fourth-order valence-electron chi connectivity index (χ4n) is 7.27. The third kappa shape index (κ3) is 11.7. The summed E-state index contributed by atoms with van der Waals surface area (Å²) in [5.74, 6) is 1.94. The first kappa shape index (κ1) is 40.1. The van der Waals surface area contributed by atoms with Gasteiger partial charge in [-0.25, -0.2) is 0 Å². The Morgan fingerprint density at radius 2 is 0.923 bits per heavy atom. The van der Waals surface area contributed by atoms with Crippen LogP contribution in [-0.4, -0.2) is 59.1 Å². The van der Waals surface area contributed by atoms with Crippen molar-refractivity contribution in [3.63, 3.8) is 0 Å². The maximum absolute atomic E-state index is 8.36. The zero-order valence-electron chi connectivity index (χ0n) is 31.4. The summed E-state index contributed by atoms with van der Waals surface area (Å²) in [5.41, 5.74) is 12.7. The van der Waals surface area contributed by atoms with Gasteiger partial charge in [0.2, 0.25) is 0 Å². The molecule has 0 spiro atoms. The van der Waals surface area contributed by atoms with Crippen LogP contribution in [0.5, 0.6) is 11.5 Å². The number of piperidine rings is 2.